The number of guanidine groups is 1. The van der Waals surface area contributed by atoms with Crippen LogP contribution in [0.5, 0.6) is 0 Å². The molecular weight excluding hydrogens is 885 g/mol. The maximum atomic E-state index is 14.8. The molecule has 1 fully saturated rings. The lowest BCUT2D eigenvalue weighted by Crippen LogP contribution is -2.59. The number of hydrogen-bond donors (Lipinski definition) is 10. The fourth-order valence-corrected chi connectivity index (χ4v) is 7.45. The Bertz CT molecular complexity index is 2020. The monoisotopic (exact) mass is 950 g/mol. The number of benzene rings is 2. The number of primary amides is 1. The van der Waals surface area contributed by atoms with E-state index in [-0.39, 0.29) is 82.9 Å². The molecule has 0 radical (unpaired) electrons. The zero-order chi connectivity index (χ0) is 49.3. The summed E-state index contributed by atoms with van der Waals surface area (Å²) in [5.74, 6) is -6.02. The second-order valence-corrected chi connectivity index (χ2v) is 17.4. The Morgan fingerprint density at radius 1 is 0.761 bits per heavy atom. The van der Waals surface area contributed by atoms with Gasteiger partial charge in [-0.15, -0.1) is 0 Å². The Morgan fingerprint density at radius 3 is 1.93 bits per heavy atom. The fraction of sp³-hybridized carbons (Fsp3) is 0.511. The first-order chi connectivity index (χ1) is 31.9. The molecule has 366 valence electrons. The molecular formula is C45H66N12O9S. The summed E-state index contributed by atoms with van der Waals surface area (Å²) in [5, 5.41) is 18.6. The highest BCUT2D eigenvalue weighted by Crippen LogP contribution is 2.12. The maximum Gasteiger partial charge on any atom is 0.246 e. The van der Waals surface area contributed by atoms with Crippen molar-refractivity contribution in [3.63, 3.8) is 0 Å². The molecule has 0 unspecified atom stereocenters. The number of carbonyl (C=O) groups excluding carboxylic acids is 9. The Kier molecular flexibility index (Phi) is 23.7. The highest BCUT2D eigenvalue weighted by atomic mass is 32.2. The van der Waals surface area contributed by atoms with Crippen molar-refractivity contribution in [3.8, 4) is 0 Å². The molecule has 22 heteroatoms. The summed E-state index contributed by atoms with van der Waals surface area (Å²) in [6.45, 7) is 2.22. The second-order valence-electron chi connectivity index (χ2n) is 16.5. The lowest BCUT2D eigenvalue weighted by molar-refractivity contribution is -0.141. The highest BCUT2D eigenvalue weighted by molar-refractivity contribution is 7.98. The Labute approximate surface area is 395 Å². The van der Waals surface area contributed by atoms with E-state index in [4.69, 9.17) is 17.2 Å². The maximum absolute atomic E-state index is 14.8. The van der Waals surface area contributed by atoms with Crippen molar-refractivity contribution in [2.24, 2.45) is 28.1 Å². The SMILES string of the molecule is CSCC[C@H](NC(=O)[C@H](CC(C)C)NC(=O)CN1CCNC(=O)CCC(=O)NCC(=O)N[C@H](CCCN=C(N)N)C(=O)N[C@@H](Cc2ccccc2)C(=O)N[C@H](Cc2ccccc2)C1=O)C(N)=O. The minimum absolute atomic E-state index is 0.0255. The third kappa shape index (κ3) is 21.0. The zero-order valence-electron chi connectivity index (χ0n) is 38.3. The van der Waals surface area contributed by atoms with E-state index < -0.39 is 96.5 Å². The zero-order valence-corrected chi connectivity index (χ0v) is 39.2. The number of nitrogens with two attached hydrogens (primary N) is 3. The van der Waals surface area contributed by atoms with Crippen molar-refractivity contribution in [2.75, 3.05) is 44.7 Å². The van der Waals surface area contributed by atoms with E-state index in [9.17, 15) is 43.2 Å². The molecule has 1 saturated heterocycles. The van der Waals surface area contributed by atoms with Crippen molar-refractivity contribution < 1.29 is 43.2 Å². The lowest BCUT2D eigenvalue weighted by Gasteiger charge is -2.30. The lowest BCUT2D eigenvalue weighted by atomic mass is 10.0. The third-order valence-corrected chi connectivity index (χ3v) is 11.1. The van der Waals surface area contributed by atoms with Crippen LogP contribution in [0.15, 0.2) is 65.7 Å². The van der Waals surface area contributed by atoms with Crippen LogP contribution in [0.3, 0.4) is 0 Å². The van der Waals surface area contributed by atoms with Gasteiger partial charge in [0.15, 0.2) is 5.96 Å². The van der Waals surface area contributed by atoms with Crippen LogP contribution in [-0.4, -0.2) is 139 Å². The van der Waals surface area contributed by atoms with Gasteiger partial charge in [-0.3, -0.25) is 48.1 Å². The molecule has 21 nitrogen and oxygen atoms in total. The molecule has 0 bridgehead atoms. The number of amides is 9. The first kappa shape index (κ1) is 54.6. The van der Waals surface area contributed by atoms with E-state index in [2.05, 4.69) is 42.2 Å². The summed E-state index contributed by atoms with van der Waals surface area (Å²) in [5.41, 5.74) is 17.8. The van der Waals surface area contributed by atoms with Gasteiger partial charge in [0.2, 0.25) is 53.2 Å². The van der Waals surface area contributed by atoms with Crippen molar-refractivity contribution in [3.05, 3.63) is 71.8 Å². The molecule has 0 aliphatic carbocycles. The molecule has 0 saturated carbocycles. The van der Waals surface area contributed by atoms with E-state index >= 15 is 0 Å². The highest BCUT2D eigenvalue weighted by Gasteiger charge is 2.34. The largest absolute Gasteiger partial charge is 0.370 e. The average molecular weight is 951 g/mol. The summed E-state index contributed by atoms with van der Waals surface area (Å²) >= 11 is 1.47. The van der Waals surface area contributed by atoms with Crippen molar-refractivity contribution >= 4 is 70.9 Å². The average Bonchev–Trinajstić information content (AvgIpc) is 3.28. The van der Waals surface area contributed by atoms with Gasteiger partial charge in [-0.05, 0) is 54.7 Å². The van der Waals surface area contributed by atoms with E-state index in [1.165, 1.54) is 11.8 Å². The van der Waals surface area contributed by atoms with Gasteiger partial charge in [-0.2, -0.15) is 11.8 Å². The van der Waals surface area contributed by atoms with Gasteiger partial charge in [-0.1, -0.05) is 74.5 Å². The number of thioether (sulfide) groups is 1. The van der Waals surface area contributed by atoms with Gasteiger partial charge < -0.3 is 59.3 Å². The van der Waals surface area contributed by atoms with Gasteiger partial charge >= 0.3 is 0 Å². The number of aliphatic imine (C=N–C) groups is 1. The smallest absolute Gasteiger partial charge is 0.246 e. The molecule has 3 rings (SSSR count). The molecule has 2 aromatic rings. The first-order valence-electron chi connectivity index (χ1n) is 22.2. The number of carbonyl (C=O) groups is 9. The third-order valence-electron chi connectivity index (χ3n) is 10.4. The molecule has 0 aromatic heterocycles. The summed E-state index contributed by atoms with van der Waals surface area (Å²) in [6, 6.07) is 11.6. The topological polar surface area (TPSA) is 331 Å². The molecule has 1 aliphatic heterocycles. The Hall–Kier alpha value is -6.71. The quantitative estimate of drug-likeness (QED) is 0.0419. The summed E-state index contributed by atoms with van der Waals surface area (Å²) in [6.07, 6.45) is 1.85. The minimum Gasteiger partial charge on any atom is -0.370 e. The van der Waals surface area contributed by atoms with E-state index in [1.54, 1.807) is 60.7 Å². The number of hydrogen-bond acceptors (Lipinski definition) is 11. The second kappa shape index (κ2) is 29.0. The Balaban J connectivity index is 2.06. The molecule has 1 aliphatic rings. The normalized spacial score (nSPS) is 19.0. The number of nitrogens with one attached hydrogen (secondary N) is 7. The number of rotatable bonds is 19. The number of nitrogens with zero attached hydrogens (tertiary/aromatic N) is 2. The molecule has 0 spiro atoms. The predicted molar refractivity (Wildman–Crippen MR) is 253 cm³/mol. The van der Waals surface area contributed by atoms with Crippen molar-refractivity contribution in [1.82, 2.24) is 42.1 Å². The van der Waals surface area contributed by atoms with Crippen LogP contribution in [0.25, 0.3) is 0 Å². The summed E-state index contributed by atoms with van der Waals surface area (Å²) in [4.78, 5) is 127. The van der Waals surface area contributed by atoms with Gasteiger partial charge in [0.05, 0.1) is 13.1 Å². The Morgan fingerprint density at radius 2 is 1.34 bits per heavy atom. The molecule has 13 N–H and O–H groups in total. The van der Waals surface area contributed by atoms with Crippen LogP contribution in [0.2, 0.25) is 0 Å². The van der Waals surface area contributed by atoms with Crippen LogP contribution in [0.4, 0.5) is 0 Å². The van der Waals surface area contributed by atoms with Crippen molar-refractivity contribution in [2.45, 2.75) is 95.4 Å². The molecule has 9 amide bonds. The van der Waals surface area contributed by atoms with E-state index in [0.717, 1.165) is 4.90 Å². The van der Waals surface area contributed by atoms with E-state index in [0.29, 0.717) is 16.9 Å². The molecule has 2 aromatic carbocycles. The van der Waals surface area contributed by atoms with Crippen LogP contribution >= 0.6 is 11.8 Å². The first-order valence-corrected chi connectivity index (χ1v) is 23.6. The van der Waals surface area contributed by atoms with Gasteiger partial charge in [0.25, 0.3) is 0 Å². The standard InChI is InChI=1S/C45H66N12O9S/c1-28(2)23-33(42(64)54-31(40(46)62)18-22-67-3)53-39(61)27-57-21-20-49-36(58)16-17-37(59)51-26-38(60)52-32(15-10-19-50-45(47)48)41(63)55-34(24-29-11-6-4-7-12-29)43(65)56-35(44(57)66)25-30-13-8-5-9-14-30/h4-9,11-14,28,31-35H,10,15-27H2,1-3H3,(H2,46,62)(H,49,58)(H,51,59)(H,52,60)(H,53,61)(H,54,64)(H,55,63)(H,56,65)(H4,47,48,50)/t31-,32+,33-,34-,35+/m0/s1. The molecule has 1 heterocycles. The van der Waals surface area contributed by atoms with Crippen molar-refractivity contribution in [1.29, 1.82) is 0 Å². The van der Waals surface area contributed by atoms with Gasteiger partial charge in [-0.25, -0.2) is 0 Å². The molecule has 67 heavy (non-hydrogen) atoms. The summed E-state index contributed by atoms with van der Waals surface area (Å²) < 4.78 is 0. The van der Waals surface area contributed by atoms with Gasteiger partial charge in [0.1, 0.15) is 30.2 Å². The fourth-order valence-electron chi connectivity index (χ4n) is 6.98. The van der Waals surface area contributed by atoms with Crippen LogP contribution in [-0.2, 0) is 56.0 Å². The minimum atomic E-state index is -1.35. The predicted octanol–water partition coefficient (Wildman–Crippen LogP) is -1.91. The van der Waals surface area contributed by atoms with Gasteiger partial charge in [0, 0.05) is 45.3 Å². The molecule has 5 atom stereocenters. The van der Waals surface area contributed by atoms with E-state index in [1.807, 2.05) is 20.1 Å². The van der Waals surface area contributed by atoms with Crippen LogP contribution in [0.1, 0.15) is 63.5 Å². The van der Waals surface area contributed by atoms with Crippen LogP contribution in [0, 0.1) is 5.92 Å². The van der Waals surface area contributed by atoms with Crippen LogP contribution < -0.4 is 54.4 Å². The summed E-state index contributed by atoms with van der Waals surface area (Å²) in [7, 11) is 0.